The number of ether oxygens (including phenoxy) is 1. The van der Waals surface area contributed by atoms with Gasteiger partial charge in [-0.05, 0) is 69.3 Å². The predicted molar refractivity (Wildman–Crippen MR) is 197 cm³/mol. The molecule has 4 rings (SSSR count). The van der Waals surface area contributed by atoms with E-state index in [0.717, 1.165) is 75.8 Å². The lowest BCUT2D eigenvalue weighted by molar-refractivity contribution is -0.144. The lowest BCUT2D eigenvalue weighted by Crippen LogP contribution is -2.47. The van der Waals surface area contributed by atoms with E-state index in [0.29, 0.717) is 13.0 Å². The number of para-hydroxylation sites is 2. The Labute approximate surface area is 289 Å². The summed E-state index contributed by atoms with van der Waals surface area (Å²) < 4.78 is 5.57. The summed E-state index contributed by atoms with van der Waals surface area (Å²) in [6, 6.07) is 14.8. The van der Waals surface area contributed by atoms with Crippen LogP contribution in [0, 0.1) is 0 Å². The van der Waals surface area contributed by atoms with Gasteiger partial charge in [0.1, 0.15) is 6.61 Å². The number of carbonyl (C=O) groups is 1. The van der Waals surface area contributed by atoms with Gasteiger partial charge < -0.3 is 14.5 Å². The van der Waals surface area contributed by atoms with Crippen molar-refractivity contribution in [1.82, 2.24) is 9.80 Å². The molecule has 0 saturated carbocycles. The van der Waals surface area contributed by atoms with Crippen molar-refractivity contribution in [1.29, 1.82) is 0 Å². The molecule has 0 amide bonds. The Bertz CT molecular complexity index is 1180. The normalized spacial score (nSPS) is 15.3. The molecule has 5 nitrogen and oxygen atoms in total. The minimum absolute atomic E-state index is 0.0318. The largest absolute Gasteiger partial charge is 0.464 e. The number of benzene rings is 2. The Kier molecular flexibility index (Phi) is 17.5. The third kappa shape index (κ3) is 12.9. The number of hydrogen-bond donors (Lipinski definition) is 0. The van der Waals surface area contributed by atoms with Crippen LogP contribution in [0.3, 0.4) is 0 Å². The molecule has 0 bridgehead atoms. The van der Waals surface area contributed by atoms with Crippen molar-refractivity contribution in [3.05, 3.63) is 59.6 Å². The zero-order chi connectivity index (χ0) is 32.2. The van der Waals surface area contributed by atoms with Crippen LogP contribution in [-0.4, -0.2) is 68.2 Å². The fraction of sp³-hybridized carbons (Fsp3) is 0.615. The van der Waals surface area contributed by atoms with Crippen molar-refractivity contribution < 1.29 is 9.53 Å². The fourth-order valence-electron chi connectivity index (χ4n) is 6.47. The van der Waals surface area contributed by atoms with Crippen LogP contribution in [0.25, 0.3) is 0 Å². The van der Waals surface area contributed by atoms with Gasteiger partial charge in [-0.2, -0.15) is 0 Å². The highest BCUT2D eigenvalue weighted by Gasteiger charge is 2.25. The van der Waals surface area contributed by atoms with Gasteiger partial charge in [-0.15, -0.1) is 0 Å². The summed E-state index contributed by atoms with van der Waals surface area (Å²) in [4.78, 5) is 22.1. The quantitative estimate of drug-likeness (QED) is 0.0706. The molecule has 1 saturated heterocycles. The van der Waals surface area contributed by atoms with Crippen LogP contribution in [-0.2, 0) is 9.53 Å². The highest BCUT2D eigenvalue weighted by molar-refractivity contribution is 7.99. The Hall–Kier alpha value is -1.99. The number of unbranched alkanes of at least 4 members (excludes halogenated alkanes) is 11. The molecule has 1 fully saturated rings. The van der Waals surface area contributed by atoms with Crippen LogP contribution in [0.2, 0.25) is 5.02 Å². The molecule has 2 aliphatic rings. The van der Waals surface area contributed by atoms with Gasteiger partial charge in [0.2, 0.25) is 0 Å². The lowest BCUT2D eigenvalue weighted by atomic mass is 10.1. The molecule has 2 aromatic carbocycles. The average molecular weight is 668 g/mol. The number of hydrogen-bond acceptors (Lipinski definition) is 6. The zero-order valence-electron chi connectivity index (χ0n) is 28.4. The first kappa shape index (κ1) is 36.8. The van der Waals surface area contributed by atoms with E-state index in [9.17, 15) is 4.79 Å². The van der Waals surface area contributed by atoms with Gasteiger partial charge in [-0.1, -0.05) is 112 Å². The smallest absolute Gasteiger partial charge is 0.305 e. The third-order valence-corrected chi connectivity index (χ3v) is 10.6. The number of fused-ring (bicyclic) bond motifs is 2. The summed E-state index contributed by atoms with van der Waals surface area (Å²) in [6.07, 6.45) is 22.9. The summed E-state index contributed by atoms with van der Waals surface area (Å²) in [5, 5.41) is 0.821. The maximum Gasteiger partial charge on any atom is 0.305 e. The molecule has 0 spiro atoms. The van der Waals surface area contributed by atoms with Crippen LogP contribution in [0.4, 0.5) is 11.4 Å². The summed E-state index contributed by atoms with van der Waals surface area (Å²) in [7, 11) is 0. The van der Waals surface area contributed by atoms with E-state index in [1.807, 2.05) is 12.1 Å². The van der Waals surface area contributed by atoms with Gasteiger partial charge >= 0.3 is 5.97 Å². The second kappa shape index (κ2) is 21.8. The van der Waals surface area contributed by atoms with E-state index < -0.39 is 0 Å². The maximum atomic E-state index is 12.2. The Morgan fingerprint density at radius 3 is 2.11 bits per heavy atom. The Morgan fingerprint density at radius 2 is 1.37 bits per heavy atom. The van der Waals surface area contributed by atoms with Crippen molar-refractivity contribution in [3.8, 4) is 0 Å². The Balaban J connectivity index is 0.983. The van der Waals surface area contributed by atoms with Gasteiger partial charge in [0, 0.05) is 55.5 Å². The van der Waals surface area contributed by atoms with Gasteiger partial charge in [0.15, 0.2) is 0 Å². The summed E-state index contributed by atoms with van der Waals surface area (Å²) in [5.41, 5.74) is 2.40. The van der Waals surface area contributed by atoms with E-state index >= 15 is 0 Å². The first-order valence-corrected chi connectivity index (χ1v) is 19.4. The van der Waals surface area contributed by atoms with E-state index in [-0.39, 0.29) is 5.97 Å². The number of anilines is 2. The van der Waals surface area contributed by atoms with Crippen molar-refractivity contribution >= 4 is 40.7 Å². The molecule has 0 unspecified atom stereocenters. The number of esters is 1. The highest BCUT2D eigenvalue weighted by Crippen LogP contribution is 2.50. The van der Waals surface area contributed by atoms with Gasteiger partial charge in [-0.25, -0.2) is 0 Å². The van der Waals surface area contributed by atoms with Gasteiger partial charge in [0.05, 0.1) is 16.4 Å². The number of carbonyl (C=O) groups excluding carboxylic acids is 1. The predicted octanol–water partition coefficient (Wildman–Crippen LogP) is 10.5. The number of allylic oxidation sites excluding steroid dienone is 2. The first-order valence-electron chi connectivity index (χ1n) is 18.2. The minimum Gasteiger partial charge on any atom is -0.464 e. The van der Waals surface area contributed by atoms with Crippen molar-refractivity contribution in [3.63, 3.8) is 0 Å². The van der Waals surface area contributed by atoms with E-state index in [4.69, 9.17) is 16.3 Å². The Morgan fingerprint density at radius 1 is 0.739 bits per heavy atom. The summed E-state index contributed by atoms with van der Waals surface area (Å²) in [6.45, 7) is 9.83. The molecule has 7 heteroatoms. The van der Waals surface area contributed by atoms with Crippen molar-refractivity contribution in [2.45, 2.75) is 113 Å². The lowest BCUT2D eigenvalue weighted by Gasteiger charge is -2.36. The second-order valence-electron chi connectivity index (χ2n) is 12.9. The molecule has 0 atom stereocenters. The first-order chi connectivity index (χ1) is 22.7. The minimum atomic E-state index is -0.0318. The number of halogens is 1. The summed E-state index contributed by atoms with van der Waals surface area (Å²) >= 11 is 8.49. The van der Waals surface area contributed by atoms with Crippen molar-refractivity contribution in [2.24, 2.45) is 0 Å². The zero-order valence-corrected chi connectivity index (χ0v) is 30.0. The molecule has 2 aromatic rings. The van der Waals surface area contributed by atoms with Crippen LogP contribution in [0.15, 0.2) is 64.4 Å². The third-order valence-electron chi connectivity index (χ3n) is 9.23. The van der Waals surface area contributed by atoms with Crippen LogP contribution in [0.1, 0.15) is 103 Å². The van der Waals surface area contributed by atoms with Crippen LogP contribution < -0.4 is 4.90 Å². The molecule has 0 aromatic heterocycles. The van der Waals surface area contributed by atoms with E-state index in [1.165, 1.54) is 86.1 Å². The van der Waals surface area contributed by atoms with Crippen molar-refractivity contribution in [2.75, 3.05) is 57.3 Å². The van der Waals surface area contributed by atoms with Gasteiger partial charge in [0.25, 0.3) is 0 Å². The number of rotatable bonds is 22. The molecule has 2 heterocycles. The monoisotopic (exact) mass is 667 g/mol. The standard InChI is InChI=1S/C39H58ClN3O2S/c1-2-3-4-5-6-7-8-9-10-11-12-13-14-15-16-25-38(44)45-33-32-42-30-28-41(29-31-42)26-20-27-43-35-22-17-18-23-36(35)46-37-24-19-21-34(40)39(37)43/h9-10,17-19,21-24H,2-8,11-16,20,25-33H2,1H3/b10-9-. The number of nitrogens with zero attached hydrogens (tertiary/aromatic N) is 3. The van der Waals surface area contributed by atoms with Crippen LogP contribution >= 0.6 is 23.4 Å². The van der Waals surface area contributed by atoms with E-state index in [1.54, 1.807) is 11.8 Å². The average Bonchev–Trinajstić information content (AvgIpc) is 3.07. The van der Waals surface area contributed by atoms with Gasteiger partial charge in [-0.3, -0.25) is 9.69 Å². The van der Waals surface area contributed by atoms with E-state index in [2.05, 4.69) is 64.1 Å². The SMILES string of the molecule is CCCCCCCC/C=C\CCCCCCCC(=O)OCCN1CCN(CCCN2c3ccccc3Sc3cccc(Cl)c32)CC1. The molecular weight excluding hydrogens is 610 g/mol. The highest BCUT2D eigenvalue weighted by atomic mass is 35.5. The molecule has 0 aliphatic carbocycles. The van der Waals surface area contributed by atoms with Crippen LogP contribution in [0.5, 0.6) is 0 Å². The second-order valence-corrected chi connectivity index (χ2v) is 14.4. The molecule has 46 heavy (non-hydrogen) atoms. The number of piperazine rings is 1. The molecule has 2 aliphatic heterocycles. The maximum absolute atomic E-state index is 12.2. The molecule has 0 radical (unpaired) electrons. The fourth-order valence-corrected chi connectivity index (χ4v) is 7.93. The molecule has 254 valence electrons. The molecule has 0 N–H and O–H groups in total. The summed E-state index contributed by atoms with van der Waals surface area (Å²) in [5.74, 6) is -0.0318. The molecular formula is C39H58ClN3O2S. The topological polar surface area (TPSA) is 36.0 Å².